The summed E-state index contributed by atoms with van der Waals surface area (Å²) in [6.45, 7) is 2.56. The first kappa shape index (κ1) is 19.4. The zero-order chi connectivity index (χ0) is 19.1. The van der Waals surface area contributed by atoms with Crippen molar-refractivity contribution in [3.05, 3.63) is 77.6 Å². The van der Waals surface area contributed by atoms with E-state index in [9.17, 15) is 9.90 Å². The third-order valence-electron chi connectivity index (χ3n) is 3.97. The summed E-state index contributed by atoms with van der Waals surface area (Å²) in [6.07, 6.45) is 0. The molecular formula is C21H25N3O2. The molecule has 0 spiro atoms. The molecule has 1 amide bonds. The van der Waals surface area contributed by atoms with Gasteiger partial charge in [0.05, 0.1) is 5.71 Å². The van der Waals surface area contributed by atoms with Crippen molar-refractivity contribution in [2.75, 3.05) is 32.1 Å². The van der Waals surface area contributed by atoms with Gasteiger partial charge in [-0.2, -0.15) is 0 Å². The molecule has 2 aromatic carbocycles. The molecule has 0 aromatic heterocycles. The summed E-state index contributed by atoms with van der Waals surface area (Å²) in [7, 11) is 3.88. The Bertz CT molecular complexity index is 779. The first-order valence-corrected chi connectivity index (χ1v) is 8.47. The average molecular weight is 351 g/mol. The highest BCUT2D eigenvalue weighted by atomic mass is 16.3. The lowest BCUT2D eigenvalue weighted by atomic mass is 10.00. The molecule has 26 heavy (non-hydrogen) atoms. The lowest BCUT2D eigenvalue weighted by Gasteiger charge is -2.26. The first-order chi connectivity index (χ1) is 12.4. The number of amides is 1. The second-order valence-electron chi connectivity index (χ2n) is 6.30. The minimum atomic E-state index is -0.382. The summed E-state index contributed by atoms with van der Waals surface area (Å²) in [4.78, 5) is 16.9. The van der Waals surface area contributed by atoms with E-state index in [4.69, 9.17) is 5.41 Å². The van der Waals surface area contributed by atoms with Crippen molar-refractivity contribution in [1.29, 1.82) is 5.41 Å². The summed E-state index contributed by atoms with van der Waals surface area (Å²) < 4.78 is 0. The number of aliphatic hydroxyl groups is 1. The number of likely N-dealkylation sites (N-methyl/N-ethyl adjacent to an activating group) is 1. The molecule has 0 saturated carbocycles. The monoisotopic (exact) mass is 351 g/mol. The number of rotatable bonds is 7. The molecule has 0 atom stereocenters. The molecule has 5 heteroatoms. The van der Waals surface area contributed by atoms with Gasteiger partial charge >= 0.3 is 0 Å². The van der Waals surface area contributed by atoms with Gasteiger partial charge in [-0.1, -0.05) is 48.5 Å². The number of hydrogen-bond donors (Lipinski definition) is 2. The SMILES string of the molecule is CC(O)=C(C(=N)c1ccccc1)C(=O)N(CCN(C)C)c1ccccc1. The van der Waals surface area contributed by atoms with Crippen LogP contribution in [0.1, 0.15) is 12.5 Å². The molecule has 0 radical (unpaired) electrons. The van der Waals surface area contributed by atoms with Crippen LogP contribution in [-0.4, -0.2) is 48.8 Å². The molecule has 2 rings (SSSR count). The van der Waals surface area contributed by atoms with Crippen molar-refractivity contribution in [1.82, 2.24) is 4.90 Å². The highest BCUT2D eigenvalue weighted by Crippen LogP contribution is 2.20. The maximum Gasteiger partial charge on any atom is 0.263 e. The largest absolute Gasteiger partial charge is 0.512 e. The van der Waals surface area contributed by atoms with Crippen LogP contribution in [0.2, 0.25) is 0 Å². The van der Waals surface area contributed by atoms with Crippen LogP contribution in [-0.2, 0) is 4.79 Å². The van der Waals surface area contributed by atoms with Crippen LogP contribution < -0.4 is 4.90 Å². The molecule has 0 aliphatic heterocycles. The second kappa shape index (κ2) is 8.97. The highest BCUT2D eigenvalue weighted by molar-refractivity contribution is 6.30. The Hall–Kier alpha value is -2.92. The van der Waals surface area contributed by atoms with Gasteiger partial charge in [0.2, 0.25) is 0 Å². The van der Waals surface area contributed by atoms with Crippen molar-refractivity contribution < 1.29 is 9.90 Å². The number of anilines is 1. The number of carbonyl (C=O) groups excluding carboxylic acids is 1. The summed E-state index contributed by atoms with van der Waals surface area (Å²) in [6, 6.07) is 18.3. The molecular weight excluding hydrogens is 326 g/mol. The number of nitrogens with zero attached hydrogens (tertiary/aromatic N) is 2. The quantitative estimate of drug-likeness (QED) is 0.456. The molecule has 0 saturated heterocycles. The molecule has 2 N–H and O–H groups in total. The Labute approximate surface area is 154 Å². The molecule has 0 aliphatic rings. The average Bonchev–Trinajstić information content (AvgIpc) is 2.63. The number of hydrogen-bond acceptors (Lipinski definition) is 4. The van der Waals surface area contributed by atoms with Gasteiger partial charge in [0, 0.05) is 24.3 Å². The number of nitrogens with one attached hydrogen (secondary N) is 1. The van der Waals surface area contributed by atoms with Gasteiger partial charge in [-0.3, -0.25) is 10.2 Å². The van der Waals surface area contributed by atoms with E-state index in [2.05, 4.69) is 0 Å². The van der Waals surface area contributed by atoms with Crippen LogP contribution >= 0.6 is 0 Å². The molecule has 0 aliphatic carbocycles. The number of para-hydroxylation sites is 1. The van der Waals surface area contributed by atoms with Crippen molar-refractivity contribution in [2.24, 2.45) is 0 Å². The number of carbonyl (C=O) groups is 1. The Morgan fingerprint density at radius 2 is 1.50 bits per heavy atom. The van der Waals surface area contributed by atoms with Crippen LogP contribution in [0.4, 0.5) is 5.69 Å². The van der Waals surface area contributed by atoms with Crippen molar-refractivity contribution in [3.63, 3.8) is 0 Å². The van der Waals surface area contributed by atoms with Gasteiger partial charge in [0.15, 0.2) is 0 Å². The topological polar surface area (TPSA) is 67.6 Å². The van der Waals surface area contributed by atoms with E-state index in [1.165, 1.54) is 6.92 Å². The molecule has 5 nitrogen and oxygen atoms in total. The number of aliphatic hydroxyl groups excluding tert-OH is 1. The highest BCUT2D eigenvalue weighted by Gasteiger charge is 2.26. The van der Waals surface area contributed by atoms with Gasteiger partial charge in [-0.15, -0.1) is 0 Å². The molecule has 0 bridgehead atoms. The van der Waals surface area contributed by atoms with Crippen LogP contribution in [0.25, 0.3) is 0 Å². The first-order valence-electron chi connectivity index (χ1n) is 8.47. The Balaban J connectivity index is 2.40. The maximum absolute atomic E-state index is 13.3. The molecule has 0 heterocycles. The van der Waals surface area contributed by atoms with E-state index in [1.54, 1.807) is 29.2 Å². The Kier molecular flexibility index (Phi) is 6.69. The molecule has 0 unspecified atom stereocenters. The zero-order valence-corrected chi connectivity index (χ0v) is 15.4. The van der Waals surface area contributed by atoms with Crippen LogP contribution in [0.15, 0.2) is 72.0 Å². The third-order valence-corrected chi connectivity index (χ3v) is 3.97. The van der Waals surface area contributed by atoms with E-state index in [0.29, 0.717) is 18.7 Å². The summed E-state index contributed by atoms with van der Waals surface area (Å²) in [5, 5.41) is 18.6. The Morgan fingerprint density at radius 3 is 2.00 bits per heavy atom. The van der Waals surface area contributed by atoms with Gasteiger partial charge in [-0.25, -0.2) is 0 Å². The zero-order valence-electron chi connectivity index (χ0n) is 15.4. The minimum absolute atomic E-state index is 0.0128. The van der Waals surface area contributed by atoms with Crippen LogP contribution in [0.3, 0.4) is 0 Å². The predicted molar refractivity (Wildman–Crippen MR) is 106 cm³/mol. The van der Waals surface area contributed by atoms with Crippen molar-refractivity contribution >= 4 is 17.3 Å². The third kappa shape index (κ3) is 4.80. The lowest BCUT2D eigenvalue weighted by molar-refractivity contribution is -0.114. The lowest BCUT2D eigenvalue weighted by Crippen LogP contribution is -2.39. The van der Waals surface area contributed by atoms with E-state index < -0.39 is 0 Å². The number of benzene rings is 2. The van der Waals surface area contributed by atoms with Crippen LogP contribution in [0, 0.1) is 5.41 Å². The fourth-order valence-electron chi connectivity index (χ4n) is 2.58. The normalized spacial score (nSPS) is 11.8. The van der Waals surface area contributed by atoms with Gasteiger partial charge in [-0.05, 0) is 33.2 Å². The fraction of sp³-hybridized carbons (Fsp3) is 0.238. The Morgan fingerprint density at radius 1 is 0.962 bits per heavy atom. The minimum Gasteiger partial charge on any atom is -0.512 e. The predicted octanol–water partition coefficient (Wildman–Crippen LogP) is 3.48. The van der Waals surface area contributed by atoms with E-state index in [0.717, 1.165) is 5.69 Å². The van der Waals surface area contributed by atoms with E-state index in [-0.39, 0.29) is 23.0 Å². The van der Waals surface area contributed by atoms with Gasteiger partial charge < -0.3 is 14.9 Å². The summed E-state index contributed by atoms with van der Waals surface area (Å²) >= 11 is 0. The standard InChI is InChI=1S/C21H25N3O2/c1-16(25)19(20(22)17-10-6-4-7-11-17)21(26)24(15-14-23(2)3)18-12-8-5-9-13-18/h4-13,22,25H,14-15H2,1-3H3. The van der Waals surface area contributed by atoms with Crippen molar-refractivity contribution in [3.8, 4) is 0 Å². The molecule has 0 fully saturated rings. The van der Waals surface area contributed by atoms with E-state index >= 15 is 0 Å². The van der Waals surface area contributed by atoms with Crippen molar-refractivity contribution in [2.45, 2.75) is 6.92 Å². The molecule has 136 valence electrons. The van der Waals surface area contributed by atoms with Gasteiger partial charge in [0.25, 0.3) is 5.91 Å². The summed E-state index contributed by atoms with van der Waals surface area (Å²) in [5.41, 5.74) is 1.35. The van der Waals surface area contributed by atoms with Gasteiger partial charge in [0.1, 0.15) is 11.3 Å². The van der Waals surface area contributed by atoms with E-state index in [1.807, 2.05) is 55.4 Å². The fourth-order valence-corrected chi connectivity index (χ4v) is 2.58. The maximum atomic E-state index is 13.3. The smallest absolute Gasteiger partial charge is 0.263 e. The molecule has 2 aromatic rings. The van der Waals surface area contributed by atoms with Crippen LogP contribution in [0.5, 0.6) is 0 Å². The summed E-state index contributed by atoms with van der Waals surface area (Å²) in [5.74, 6) is -0.540. The second-order valence-corrected chi connectivity index (χ2v) is 6.30. The number of allylic oxidation sites excluding steroid dienone is 1.